The smallest absolute Gasteiger partial charge is 0.254 e. The first-order valence-corrected chi connectivity index (χ1v) is 14.1. The number of anilines is 1. The lowest BCUT2D eigenvalue weighted by Crippen LogP contribution is -2.48. The molecule has 35 heavy (non-hydrogen) atoms. The van der Waals surface area contributed by atoms with E-state index in [1.807, 2.05) is 48.5 Å². The van der Waals surface area contributed by atoms with Gasteiger partial charge in [0.2, 0.25) is 0 Å². The van der Waals surface area contributed by atoms with Gasteiger partial charge in [0.25, 0.3) is 5.91 Å². The predicted octanol–water partition coefficient (Wildman–Crippen LogP) is 5.62. The quantitative estimate of drug-likeness (QED) is 0.394. The summed E-state index contributed by atoms with van der Waals surface area (Å²) < 4.78 is 26.2. The topological polar surface area (TPSA) is 57.7 Å². The molecule has 3 aromatic carbocycles. The normalized spacial score (nSPS) is 14.2. The van der Waals surface area contributed by atoms with E-state index in [9.17, 15) is 13.2 Å². The average Bonchev–Trinajstić information content (AvgIpc) is 2.88. The zero-order valence-electron chi connectivity index (χ0n) is 20.0. The van der Waals surface area contributed by atoms with Crippen molar-refractivity contribution in [1.29, 1.82) is 0 Å². The number of para-hydroxylation sites is 1. The van der Waals surface area contributed by atoms with E-state index < -0.39 is 9.84 Å². The van der Waals surface area contributed by atoms with Crippen LogP contribution in [0.5, 0.6) is 0 Å². The highest BCUT2D eigenvalue weighted by molar-refractivity contribution is 7.90. The standard InChI is InChI=1S/C28H31ClN2O3S/c1-2-3-7-22-12-14-23(15-13-22)21-35(33,34)25-9-6-8-24(20-25)28(32)31-18-16-30(17-19-31)27-11-5-4-10-26(27)29/h4-6,8-15,20H,2-3,7,16-19,21H2,1H3. The number of aryl methyl sites for hydroxylation is 1. The molecular formula is C28H31ClN2O3S. The molecule has 0 N–H and O–H groups in total. The van der Waals surface area contributed by atoms with Gasteiger partial charge < -0.3 is 9.80 Å². The molecule has 1 fully saturated rings. The Morgan fingerprint density at radius 2 is 1.57 bits per heavy atom. The van der Waals surface area contributed by atoms with E-state index >= 15 is 0 Å². The maximum absolute atomic E-state index is 13.2. The highest BCUT2D eigenvalue weighted by Gasteiger charge is 2.24. The van der Waals surface area contributed by atoms with E-state index in [2.05, 4.69) is 11.8 Å². The highest BCUT2D eigenvalue weighted by Crippen LogP contribution is 2.26. The Morgan fingerprint density at radius 1 is 0.886 bits per heavy atom. The summed E-state index contributed by atoms with van der Waals surface area (Å²) in [5, 5.41) is 0.695. The summed E-state index contributed by atoms with van der Waals surface area (Å²) in [5.74, 6) is -0.240. The summed E-state index contributed by atoms with van der Waals surface area (Å²) in [4.78, 5) is 17.3. The van der Waals surface area contributed by atoms with Gasteiger partial charge in [-0.25, -0.2) is 8.42 Å². The summed E-state index contributed by atoms with van der Waals surface area (Å²) in [5.41, 5.74) is 3.33. The Balaban J connectivity index is 1.41. The van der Waals surface area contributed by atoms with Crippen LogP contribution in [-0.4, -0.2) is 45.4 Å². The Labute approximate surface area is 213 Å². The number of hydrogen-bond acceptors (Lipinski definition) is 4. The van der Waals surface area contributed by atoms with Gasteiger partial charge >= 0.3 is 0 Å². The van der Waals surface area contributed by atoms with Gasteiger partial charge in [0, 0.05) is 31.7 Å². The number of halogens is 1. The van der Waals surface area contributed by atoms with Crippen molar-refractivity contribution in [2.24, 2.45) is 0 Å². The van der Waals surface area contributed by atoms with Gasteiger partial charge in [0.05, 0.1) is 21.4 Å². The second-order valence-electron chi connectivity index (χ2n) is 8.94. The van der Waals surface area contributed by atoms with Crippen LogP contribution in [0.3, 0.4) is 0 Å². The maximum Gasteiger partial charge on any atom is 0.254 e. The summed E-state index contributed by atoms with van der Waals surface area (Å²) in [6, 6.07) is 21.9. The van der Waals surface area contributed by atoms with Gasteiger partial charge in [0.1, 0.15) is 0 Å². The molecule has 1 aliphatic rings. The van der Waals surface area contributed by atoms with Crippen molar-refractivity contribution in [3.8, 4) is 0 Å². The van der Waals surface area contributed by atoms with E-state index in [0.29, 0.717) is 36.8 Å². The van der Waals surface area contributed by atoms with Crippen molar-refractivity contribution in [3.05, 3.63) is 94.5 Å². The van der Waals surface area contributed by atoms with Crippen molar-refractivity contribution in [3.63, 3.8) is 0 Å². The largest absolute Gasteiger partial charge is 0.367 e. The number of carbonyl (C=O) groups is 1. The van der Waals surface area contributed by atoms with E-state index in [1.165, 1.54) is 11.6 Å². The van der Waals surface area contributed by atoms with Crippen LogP contribution < -0.4 is 4.90 Å². The third-order valence-corrected chi connectivity index (χ3v) is 8.40. The van der Waals surface area contributed by atoms with Crippen molar-refractivity contribution in [2.75, 3.05) is 31.1 Å². The summed E-state index contributed by atoms with van der Waals surface area (Å²) >= 11 is 6.32. The van der Waals surface area contributed by atoms with Crippen LogP contribution in [0.25, 0.3) is 0 Å². The molecule has 5 nitrogen and oxygen atoms in total. The molecule has 4 rings (SSSR count). The van der Waals surface area contributed by atoms with Gasteiger partial charge in [-0.05, 0) is 54.3 Å². The number of hydrogen-bond donors (Lipinski definition) is 0. The molecule has 0 unspecified atom stereocenters. The third kappa shape index (κ3) is 6.24. The number of nitrogens with zero attached hydrogens (tertiary/aromatic N) is 2. The Bertz CT molecular complexity index is 1270. The van der Waals surface area contributed by atoms with E-state index in [0.717, 1.165) is 30.5 Å². The number of rotatable bonds is 8. The average molecular weight is 511 g/mol. The predicted molar refractivity (Wildman–Crippen MR) is 142 cm³/mol. The Kier molecular flexibility index (Phi) is 8.14. The molecule has 0 spiro atoms. The molecule has 3 aromatic rings. The summed E-state index contributed by atoms with van der Waals surface area (Å²) in [6.45, 7) is 4.58. The van der Waals surface area contributed by atoms with Gasteiger partial charge in [-0.2, -0.15) is 0 Å². The van der Waals surface area contributed by atoms with Crippen molar-refractivity contribution >= 4 is 33.0 Å². The Hall–Kier alpha value is -2.83. The van der Waals surface area contributed by atoms with Crippen LogP contribution in [0.15, 0.2) is 77.7 Å². The fourth-order valence-corrected chi connectivity index (χ4v) is 6.00. The van der Waals surface area contributed by atoms with Crippen molar-refractivity contribution < 1.29 is 13.2 Å². The lowest BCUT2D eigenvalue weighted by molar-refractivity contribution is 0.0746. The van der Waals surface area contributed by atoms with Gasteiger partial charge in [-0.3, -0.25) is 4.79 Å². The zero-order valence-corrected chi connectivity index (χ0v) is 21.6. The molecule has 184 valence electrons. The van der Waals surface area contributed by atoms with Crippen LogP contribution in [-0.2, 0) is 22.0 Å². The van der Waals surface area contributed by atoms with Crippen LogP contribution in [0.4, 0.5) is 5.69 Å². The molecule has 0 saturated carbocycles. The van der Waals surface area contributed by atoms with Crippen LogP contribution in [0, 0.1) is 0 Å². The molecule has 0 aromatic heterocycles. The molecular weight excluding hydrogens is 480 g/mol. The number of benzene rings is 3. The first kappa shape index (κ1) is 25.3. The molecule has 0 bridgehead atoms. The lowest BCUT2D eigenvalue weighted by atomic mass is 10.1. The molecule has 0 aliphatic carbocycles. The SMILES string of the molecule is CCCCc1ccc(CS(=O)(=O)c2cccc(C(=O)N3CCN(c4ccccc4Cl)CC3)c2)cc1. The first-order chi connectivity index (χ1) is 16.9. The number of unbranched alkanes of at least 4 members (excludes halogenated alkanes) is 1. The minimum absolute atomic E-state index is 0.0881. The molecule has 0 radical (unpaired) electrons. The first-order valence-electron chi connectivity index (χ1n) is 12.1. The lowest BCUT2D eigenvalue weighted by Gasteiger charge is -2.36. The number of carbonyl (C=O) groups excluding carboxylic acids is 1. The molecule has 1 aliphatic heterocycles. The second kappa shape index (κ2) is 11.3. The second-order valence-corrected chi connectivity index (χ2v) is 11.3. The van der Waals surface area contributed by atoms with Gasteiger partial charge in [-0.1, -0.05) is 67.4 Å². The van der Waals surface area contributed by atoms with E-state index in [1.54, 1.807) is 23.1 Å². The molecule has 7 heteroatoms. The van der Waals surface area contributed by atoms with Gasteiger partial charge in [0.15, 0.2) is 9.84 Å². The minimum Gasteiger partial charge on any atom is -0.367 e. The zero-order chi connectivity index (χ0) is 24.8. The summed E-state index contributed by atoms with van der Waals surface area (Å²) in [6.07, 6.45) is 3.25. The van der Waals surface area contributed by atoms with Crippen molar-refractivity contribution in [2.45, 2.75) is 36.8 Å². The number of amides is 1. The molecule has 0 atom stereocenters. The minimum atomic E-state index is -3.57. The number of piperazine rings is 1. The summed E-state index contributed by atoms with van der Waals surface area (Å²) in [7, 11) is -3.57. The monoisotopic (exact) mass is 510 g/mol. The van der Waals surface area contributed by atoms with Crippen LogP contribution in [0.2, 0.25) is 5.02 Å². The van der Waals surface area contributed by atoms with E-state index in [4.69, 9.17) is 11.6 Å². The molecule has 1 amide bonds. The fraction of sp³-hybridized carbons (Fsp3) is 0.321. The van der Waals surface area contributed by atoms with Crippen LogP contribution >= 0.6 is 11.6 Å². The fourth-order valence-electron chi connectivity index (χ4n) is 4.35. The van der Waals surface area contributed by atoms with Crippen molar-refractivity contribution in [1.82, 2.24) is 4.90 Å². The number of sulfone groups is 1. The van der Waals surface area contributed by atoms with Gasteiger partial charge in [-0.15, -0.1) is 0 Å². The third-order valence-electron chi connectivity index (χ3n) is 6.40. The Morgan fingerprint density at radius 3 is 2.26 bits per heavy atom. The molecule has 1 saturated heterocycles. The highest BCUT2D eigenvalue weighted by atomic mass is 35.5. The van der Waals surface area contributed by atoms with E-state index in [-0.39, 0.29) is 16.6 Å². The van der Waals surface area contributed by atoms with Crippen LogP contribution in [0.1, 0.15) is 41.3 Å². The molecule has 1 heterocycles. The maximum atomic E-state index is 13.2.